The van der Waals surface area contributed by atoms with Crippen LogP contribution in [0.4, 0.5) is 9.59 Å². The van der Waals surface area contributed by atoms with Crippen LogP contribution in [0.3, 0.4) is 0 Å². The second kappa shape index (κ2) is 37.7. The lowest BCUT2D eigenvalue weighted by Gasteiger charge is -2.06. The van der Waals surface area contributed by atoms with E-state index in [1.807, 2.05) is 0 Å². The van der Waals surface area contributed by atoms with Gasteiger partial charge in [-0.1, -0.05) is 23.5 Å². The first-order chi connectivity index (χ1) is 21.1. The molecular formula is C21H40N4O8S10. The van der Waals surface area contributed by atoms with Gasteiger partial charge in [-0.15, -0.1) is 58.8 Å². The molecule has 0 aliphatic heterocycles. The van der Waals surface area contributed by atoms with Crippen LogP contribution in [0.1, 0.15) is 0 Å². The molecule has 0 aliphatic carbocycles. The van der Waals surface area contributed by atoms with Gasteiger partial charge in [0.2, 0.25) is 11.9 Å². The minimum atomic E-state index is -1.14. The molecule has 0 radical (unpaired) electrons. The third kappa shape index (κ3) is 37.6. The zero-order valence-corrected chi connectivity index (χ0v) is 31.7. The predicted molar refractivity (Wildman–Crippen MR) is 201 cm³/mol. The Bertz CT molecular complexity index is 710. The predicted octanol–water partition coefficient (Wildman–Crippen LogP) is 4.38. The molecule has 0 saturated heterocycles. The lowest BCUT2D eigenvalue weighted by Crippen LogP contribution is -2.24. The smallest absolute Gasteiger partial charge is 0.407 e. The van der Waals surface area contributed by atoms with Gasteiger partial charge in [0.1, 0.15) is 13.2 Å². The Kier molecular flexibility index (Phi) is 38.7. The summed E-state index contributed by atoms with van der Waals surface area (Å²) in [5, 5.41) is 26.1. The molecule has 0 fully saturated rings. The molecule has 252 valence electrons. The SMILES string of the molecule is O=C(NCSCSC/N=C\[S+]([O-])CSCSCSC(=O)NCSCSC/N=C/OOCCSCCO)OCCSCCO. The van der Waals surface area contributed by atoms with Gasteiger partial charge < -0.3 is 35.0 Å². The Balaban J connectivity index is 3.41. The number of nitrogens with zero attached hydrogens (tertiary/aromatic N) is 2. The van der Waals surface area contributed by atoms with Gasteiger partial charge in [0.15, 0.2) is 5.08 Å². The summed E-state index contributed by atoms with van der Waals surface area (Å²) in [6.07, 6.45) is 0.817. The van der Waals surface area contributed by atoms with Gasteiger partial charge >= 0.3 is 6.09 Å². The molecule has 0 aromatic carbocycles. The fourth-order valence-electron chi connectivity index (χ4n) is 1.91. The highest BCUT2D eigenvalue weighted by Gasteiger charge is 2.05. The molecule has 43 heavy (non-hydrogen) atoms. The van der Waals surface area contributed by atoms with Crippen molar-refractivity contribution in [3.05, 3.63) is 0 Å². The summed E-state index contributed by atoms with van der Waals surface area (Å²) in [5.41, 5.74) is 1.47. The van der Waals surface area contributed by atoms with Gasteiger partial charge in [0.25, 0.3) is 5.24 Å². The quantitative estimate of drug-likeness (QED) is 0.0148. The van der Waals surface area contributed by atoms with Crippen molar-refractivity contribution in [1.29, 1.82) is 0 Å². The first-order valence-electron chi connectivity index (χ1n) is 12.4. The van der Waals surface area contributed by atoms with Crippen LogP contribution in [0.25, 0.3) is 0 Å². The number of ether oxygens (including phenoxy) is 1. The van der Waals surface area contributed by atoms with Crippen molar-refractivity contribution in [2.45, 2.75) is 0 Å². The zero-order valence-electron chi connectivity index (χ0n) is 23.5. The van der Waals surface area contributed by atoms with Gasteiger partial charge in [0, 0.05) is 54.5 Å². The molecule has 0 rings (SSSR count). The van der Waals surface area contributed by atoms with Gasteiger partial charge in [0.05, 0.1) is 36.7 Å². The maximum atomic E-state index is 12.0. The molecule has 0 aromatic heterocycles. The molecule has 4 N–H and O–H groups in total. The molecule has 12 nitrogen and oxygen atoms in total. The van der Waals surface area contributed by atoms with Crippen LogP contribution < -0.4 is 10.6 Å². The van der Waals surface area contributed by atoms with Gasteiger partial charge in [-0.3, -0.25) is 4.79 Å². The molecular weight excluding hydrogens is 757 g/mol. The molecule has 0 bridgehead atoms. The normalized spacial score (nSPS) is 12.2. The Morgan fingerprint density at radius 2 is 1.42 bits per heavy atom. The molecule has 0 heterocycles. The van der Waals surface area contributed by atoms with Crippen molar-refractivity contribution < 1.29 is 38.9 Å². The summed E-state index contributed by atoms with van der Waals surface area (Å²) >= 11 is 12.6. The number of nitrogens with one attached hydrogen (secondary N) is 2. The van der Waals surface area contributed by atoms with Crippen LogP contribution in [0, 0.1) is 0 Å². The fourth-order valence-corrected chi connectivity index (χ4v) is 10.5. The van der Waals surface area contributed by atoms with Crippen molar-refractivity contribution in [2.24, 2.45) is 9.98 Å². The van der Waals surface area contributed by atoms with Crippen molar-refractivity contribution in [3.63, 3.8) is 0 Å². The molecule has 0 aromatic rings. The summed E-state index contributed by atoms with van der Waals surface area (Å²) in [6.45, 7) is 1.03. The molecule has 0 aliphatic rings. The average molecular weight is 797 g/mol. The number of aliphatic imine (C=N–C) groups is 2. The number of hydrogen-bond acceptors (Lipinski definition) is 19. The van der Waals surface area contributed by atoms with Crippen molar-refractivity contribution in [3.8, 4) is 0 Å². The highest BCUT2D eigenvalue weighted by Crippen LogP contribution is 2.20. The molecule has 0 spiro atoms. The lowest BCUT2D eigenvalue weighted by atomic mass is 10.8. The van der Waals surface area contributed by atoms with Crippen LogP contribution in [0.5, 0.6) is 0 Å². The Morgan fingerprint density at radius 1 is 0.767 bits per heavy atom. The van der Waals surface area contributed by atoms with Gasteiger partial charge in [-0.05, 0) is 0 Å². The summed E-state index contributed by atoms with van der Waals surface area (Å²) in [6, 6.07) is 0. The molecule has 0 saturated carbocycles. The number of rotatable bonds is 31. The number of alkyl carbamates (subject to hydrolysis) is 1. The standard InChI is InChI=1S/C21H40N4O8S10/c26-1-5-34-7-3-31-20(28)24-12-38-16-37-11-23-14-43(30)19-41-17-40-18-42-21(29)25-13-39-15-36-10-22-9-33-32-4-8-35-6-2-27/h9,14,26-27H,1-8,10-13,15-19H2,(H,24,28)(H,25,29)/b22-9+,23-14-. The number of thioether (sulfide) groups is 9. The molecule has 1 unspecified atom stereocenters. The third-order valence-electron chi connectivity index (χ3n) is 3.56. The van der Waals surface area contributed by atoms with E-state index < -0.39 is 17.3 Å². The fraction of sp³-hybridized carbons (Fsp3) is 0.810. The Labute approximate surface area is 295 Å². The molecule has 2 amide bonds. The highest BCUT2D eigenvalue weighted by molar-refractivity contribution is 8.29. The van der Waals surface area contributed by atoms with Crippen molar-refractivity contribution in [1.82, 2.24) is 10.6 Å². The Morgan fingerprint density at radius 3 is 2.14 bits per heavy atom. The number of aliphatic hydroxyl groups excluding tert-OH is 2. The summed E-state index contributed by atoms with van der Waals surface area (Å²) in [5.74, 6) is 4.73. The van der Waals surface area contributed by atoms with Gasteiger partial charge in [-0.2, -0.15) is 28.4 Å². The van der Waals surface area contributed by atoms with Crippen molar-refractivity contribution >= 4 is 140 Å². The number of aliphatic hydroxyl groups is 2. The first-order valence-corrected chi connectivity index (χ1v) is 24.0. The van der Waals surface area contributed by atoms with Crippen LogP contribution in [-0.2, 0) is 25.7 Å². The number of carbonyl (C=O) groups excluding carboxylic acids is 2. The van der Waals surface area contributed by atoms with E-state index in [9.17, 15) is 14.1 Å². The van der Waals surface area contributed by atoms with E-state index in [-0.39, 0.29) is 18.5 Å². The monoisotopic (exact) mass is 796 g/mol. The van der Waals surface area contributed by atoms with E-state index in [2.05, 4.69) is 20.6 Å². The van der Waals surface area contributed by atoms with E-state index in [0.29, 0.717) is 64.1 Å². The van der Waals surface area contributed by atoms with E-state index in [4.69, 9.17) is 24.7 Å². The first kappa shape index (κ1) is 44.2. The maximum Gasteiger partial charge on any atom is 0.407 e. The zero-order chi connectivity index (χ0) is 31.5. The second-order valence-corrected chi connectivity index (χ2v) is 19.2. The van der Waals surface area contributed by atoms with E-state index in [1.54, 1.807) is 70.6 Å². The number of carbonyl (C=O) groups is 2. The minimum absolute atomic E-state index is 0.0673. The van der Waals surface area contributed by atoms with Crippen molar-refractivity contribution in [2.75, 3.05) is 98.4 Å². The van der Waals surface area contributed by atoms with E-state index in [0.717, 1.165) is 21.0 Å². The summed E-state index contributed by atoms with van der Waals surface area (Å²) < 4.78 is 17.0. The maximum absolute atomic E-state index is 12.0. The highest BCUT2D eigenvalue weighted by atomic mass is 32.3. The Hall–Kier alpha value is 1.22. The van der Waals surface area contributed by atoms with Crippen LogP contribution in [-0.4, -0.2) is 136 Å². The summed E-state index contributed by atoms with van der Waals surface area (Å²) in [4.78, 5) is 41.3. The number of hydrogen-bond donors (Lipinski definition) is 4. The topological polar surface area (TPSA) is 174 Å². The largest absolute Gasteiger partial charge is 0.610 e. The summed E-state index contributed by atoms with van der Waals surface area (Å²) in [7, 11) is 0. The van der Waals surface area contributed by atoms with E-state index >= 15 is 0 Å². The van der Waals surface area contributed by atoms with Crippen LogP contribution in [0.2, 0.25) is 0 Å². The molecule has 22 heteroatoms. The third-order valence-corrected chi connectivity index (χ3v) is 14.3. The van der Waals surface area contributed by atoms with E-state index in [1.165, 1.54) is 47.2 Å². The second-order valence-electron chi connectivity index (χ2n) is 6.83. The lowest BCUT2D eigenvalue weighted by molar-refractivity contribution is -0.210. The molecule has 1 atom stereocenters. The minimum Gasteiger partial charge on any atom is -0.610 e. The van der Waals surface area contributed by atoms with Gasteiger partial charge in [-0.25, -0.2) is 14.8 Å². The number of amides is 2. The average Bonchev–Trinajstić information content (AvgIpc) is 3.00. The van der Waals surface area contributed by atoms with Crippen LogP contribution in [0.15, 0.2) is 9.98 Å². The van der Waals surface area contributed by atoms with Crippen LogP contribution >= 0.6 is 106 Å².